The molecule has 2 nitrogen and oxygen atoms in total. The first-order valence-corrected chi connectivity index (χ1v) is 6.05. The van der Waals surface area contributed by atoms with Crippen molar-refractivity contribution in [2.45, 2.75) is 27.7 Å². The standard InChI is InChI=1S/C13H14O2S/c1-7-5-11(6-16-7)13(14)12-8(2)9(3)15-10(12)4/h5-6H,1-4H3. The van der Waals surface area contributed by atoms with Gasteiger partial charge in [-0.3, -0.25) is 4.79 Å². The van der Waals surface area contributed by atoms with Crippen LogP contribution in [0.15, 0.2) is 15.9 Å². The van der Waals surface area contributed by atoms with Gasteiger partial charge in [-0.05, 0) is 33.8 Å². The van der Waals surface area contributed by atoms with Gasteiger partial charge in [0.25, 0.3) is 0 Å². The summed E-state index contributed by atoms with van der Waals surface area (Å²) in [6, 6.07) is 1.92. The molecule has 0 amide bonds. The maximum absolute atomic E-state index is 12.3. The van der Waals surface area contributed by atoms with Crippen molar-refractivity contribution in [2.75, 3.05) is 0 Å². The summed E-state index contributed by atoms with van der Waals surface area (Å²) in [6.45, 7) is 7.66. The molecule has 0 aliphatic heterocycles. The van der Waals surface area contributed by atoms with E-state index in [1.807, 2.05) is 39.1 Å². The molecule has 0 spiro atoms. The zero-order valence-corrected chi connectivity index (χ0v) is 10.7. The number of thiophene rings is 1. The van der Waals surface area contributed by atoms with Gasteiger partial charge >= 0.3 is 0 Å². The summed E-state index contributed by atoms with van der Waals surface area (Å²) in [7, 11) is 0. The maximum atomic E-state index is 12.3. The molecular formula is C13H14O2S. The number of rotatable bonds is 2. The Kier molecular flexibility index (Phi) is 2.72. The summed E-state index contributed by atoms with van der Waals surface area (Å²) in [5, 5.41) is 1.90. The van der Waals surface area contributed by atoms with Crippen LogP contribution in [0, 0.1) is 27.7 Å². The first kappa shape index (κ1) is 11.1. The molecule has 0 saturated heterocycles. The van der Waals surface area contributed by atoms with Crippen LogP contribution in [-0.4, -0.2) is 5.78 Å². The zero-order valence-electron chi connectivity index (χ0n) is 9.88. The number of aryl methyl sites for hydroxylation is 3. The Labute approximate surface area is 98.9 Å². The Bertz CT molecular complexity index is 546. The van der Waals surface area contributed by atoms with Gasteiger partial charge in [0.1, 0.15) is 11.5 Å². The fraction of sp³-hybridized carbons (Fsp3) is 0.308. The monoisotopic (exact) mass is 234 g/mol. The number of furan rings is 1. The molecule has 0 unspecified atom stereocenters. The van der Waals surface area contributed by atoms with Crippen molar-refractivity contribution in [3.63, 3.8) is 0 Å². The molecular weight excluding hydrogens is 220 g/mol. The normalized spacial score (nSPS) is 10.8. The predicted octanol–water partition coefficient (Wildman–Crippen LogP) is 3.81. The first-order valence-electron chi connectivity index (χ1n) is 5.17. The third-order valence-corrected chi connectivity index (χ3v) is 3.64. The van der Waals surface area contributed by atoms with E-state index in [9.17, 15) is 4.79 Å². The second-order valence-electron chi connectivity index (χ2n) is 3.99. The van der Waals surface area contributed by atoms with Crippen LogP contribution in [-0.2, 0) is 0 Å². The van der Waals surface area contributed by atoms with Crippen LogP contribution >= 0.6 is 11.3 Å². The molecule has 2 aromatic heterocycles. The van der Waals surface area contributed by atoms with Crippen molar-refractivity contribution in [3.8, 4) is 0 Å². The van der Waals surface area contributed by atoms with Gasteiger partial charge in [0.05, 0.1) is 5.56 Å². The smallest absolute Gasteiger partial charge is 0.197 e. The molecule has 0 aliphatic rings. The largest absolute Gasteiger partial charge is 0.466 e. The summed E-state index contributed by atoms with van der Waals surface area (Å²) in [4.78, 5) is 13.4. The van der Waals surface area contributed by atoms with E-state index in [-0.39, 0.29) is 5.78 Å². The Balaban J connectivity index is 2.49. The quantitative estimate of drug-likeness (QED) is 0.740. The van der Waals surface area contributed by atoms with Crippen molar-refractivity contribution in [3.05, 3.63) is 44.5 Å². The average Bonchev–Trinajstić information content (AvgIpc) is 2.73. The van der Waals surface area contributed by atoms with E-state index >= 15 is 0 Å². The van der Waals surface area contributed by atoms with E-state index in [1.165, 1.54) is 0 Å². The zero-order chi connectivity index (χ0) is 11.9. The number of carbonyl (C=O) groups excluding carboxylic acids is 1. The van der Waals surface area contributed by atoms with Gasteiger partial charge < -0.3 is 4.42 Å². The van der Waals surface area contributed by atoms with Gasteiger partial charge in [-0.2, -0.15) is 0 Å². The first-order chi connectivity index (χ1) is 7.50. The van der Waals surface area contributed by atoms with Crippen LogP contribution in [0.4, 0.5) is 0 Å². The van der Waals surface area contributed by atoms with Gasteiger partial charge in [-0.15, -0.1) is 11.3 Å². The summed E-state index contributed by atoms with van der Waals surface area (Å²) < 4.78 is 5.48. The lowest BCUT2D eigenvalue weighted by molar-refractivity contribution is 0.103. The number of ketones is 1. The summed E-state index contributed by atoms with van der Waals surface area (Å²) in [5.74, 6) is 1.60. The highest BCUT2D eigenvalue weighted by Crippen LogP contribution is 2.25. The second kappa shape index (κ2) is 3.91. The molecule has 0 radical (unpaired) electrons. The van der Waals surface area contributed by atoms with Gasteiger partial charge in [0.2, 0.25) is 0 Å². The van der Waals surface area contributed by atoms with Crippen molar-refractivity contribution < 1.29 is 9.21 Å². The molecule has 0 fully saturated rings. The number of carbonyl (C=O) groups is 1. The fourth-order valence-corrected chi connectivity index (χ4v) is 2.52. The van der Waals surface area contributed by atoms with E-state index in [4.69, 9.17) is 4.42 Å². The highest BCUT2D eigenvalue weighted by molar-refractivity contribution is 7.10. The molecule has 0 bridgehead atoms. The lowest BCUT2D eigenvalue weighted by Gasteiger charge is -1.97. The van der Waals surface area contributed by atoms with Gasteiger partial charge in [-0.1, -0.05) is 0 Å². The second-order valence-corrected chi connectivity index (χ2v) is 5.10. The van der Waals surface area contributed by atoms with Gasteiger partial charge in [0.15, 0.2) is 5.78 Å². The Morgan fingerprint density at radius 1 is 1.19 bits per heavy atom. The summed E-state index contributed by atoms with van der Waals surface area (Å²) in [6.07, 6.45) is 0. The molecule has 16 heavy (non-hydrogen) atoms. The maximum Gasteiger partial charge on any atom is 0.197 e. The molecule has 2 rings (SSSR count). The van der Waals surface area contributed by atoms with Crippen LogP contribution in [0.1, 0.15) is 37.9 Å². The fourth-order valence-electron chi connectivity index (χ4n) is 1.83. The molecule has 0 aliphatic carbocycles. The Hall–Kier alpha value is -1.35. The Morgan fingerprint density at radius 3 is 2.31 bits per heavy atom. The van der Waals surface area contributed by atoms with E-state index in [0.717, 1.165) is 27.3 Å². The third-order valence-electron chi connectivity index (χ3n) is 2.78. The van der Waals surface area contributed by atoms with E-state index in [0.29, 0.717) is 5.76 Å². The molecule has 2 heterocycles. The van der Waals surface area contributed by atoms with Crippen LogP contribution < -0.4 is 0 Å². The van der Waals surface area contributed by atoms with Crippen molar-refractivity contribution in [2.24, 2.45) is 0 Å². The van der Waals surface area contributed by atoms with Crippen LogP contribution in [0.3, 0.4) is 0 Å². The minimum atomic E-state index is 0.0659. The van der Waals surface area contributed by atoms with Crippen molar-refractivity contribution in [1.82, 2.24) is 0 Å². The van der Waals surface area contributed by atoms with Crippen LogP contribution in [0.5, 0.6) is 0 Å². The average molecular weight is 234 g/mol. The molecule has 0 N–H and O–H groups in total. The molecule has 2 aromatic rings. The molecule has 84 valence electrons. The lowest BCUT2D eigenvalue weighted by Crippen LogP contribution is -2.02. The summed E-state index contributed by atoms with van der Waals surface area (Å²) in [5.41, 5.74) is 2.43. The number of hydrogen-bond acceptors (Lipinski definition) is 3. The molecule has 0 saturated carbocycles. The van der Waals surface area contributed by atoms with Gasteiger partial charge in [0, 0.05) is 21.4 Å². The molecule has 0 atom stereocenters. The number of hydrogen-bond donors (Lipinski definition) is 0. The van der Waals surface area contributed by atoms with Crippen LogP contribution in [0.2, 0.25) is 0 Å². The van der Waals surface area contributed by atoms with Crippen molar-refractivity contribution >= 4 is 17.1 Å². The van der Waals surface area contributed by atoms with Crippen molar-refractivity contribution in [1.29, 1.82) is 0 Å². The van der Waals surface area contributed by atoms with Gasteiger partial charge in [-0.25, -0.2) is 0 Å². The minimum absolute atomic E-state index is 0.0659. The van der Waals surface area contributed by atoms with Crippen LogP contribution in [0.25, 0.3) is 0 Å². The third kappa shape index (κ3) is 1.71. The SMILES string of the molecule is Cc1cc(C(=O)c2c(C)oc(C)c2C)cs1. The Morgan fingerprint density at radius 2 is 1.88 bits per heavy atom. The lowest BCUT2D eigenvalue weighted by atomic mass is 10.0. The molecule has 3 heteroatoms. The van der Waals surface area contributed by atoms with E-state index in [2.05, 4.69) is 0 Å². The highest BCUT2D eigenvalue weighted by atomic mass is 32.1. The van der Waals surface area contributed by atoms with E-state index < -0.39 is 0 Å². The molecule has 0 aromatic carbocycles. The topological polar surface area (TPSA) is 30.2 Å². The minimum Gasteiger partial charge on any atom is -0.466 e. The predicted molar refractivity (Wildman–Crippen MR) is 65.4 cm³/mol. The van der Waals surface area contributed by atoms with E-state index in [1.54, 1.807) is 11.3 Å². The highest BCUT2D eigenvalue weighted by Gasteiger charge is 2.20. The summed E-state index contributed by atoms with van der Waals surface area (Å²) >= 11 is 1.59.